The Kier molecular flexibility index (Phi) is 2.50. The van der Waals surface area contributed by atoms with Crippen molar-refractivity contribution in [2.75, 3.05) is 27.2 Å². The SMILES string of the molecule is [2H]C([2H])(CN(C)C([2H])([2H])[2H])c1c[nH]c2ccc(C[C@H]3COC(=O)N3)cc12. The summed E-state index contributed by atoms with van der Waals surface area (Å²) in [7, 11) is 1.38. The van der Waals surface area contributed by atoms with E-state index in [2.05, 4.69) is 10.3 Å². The minimum Gasteiger partial charge on any atom is -0.447 e. The number of hydrogen-bond acceptors (Lipinski definition) is 3. The Morgan fingerprint density at radius 1 is 1.57 bits per heavy atom. The quantitative estimate of drug-likeness (QED) is 0.885. The molecule has 0 radical (unpaired) electrons. The van der Waals surface area contributed by atoms with E-state index in [9.17, 15) is 4.79 Å². The maximum Gasteiger partial charge on any atom is 0.407 e. The highest BCUT2D eigenvalue weighted by Gasteiger charge is 2.22. The van der Waals surface area contributed by atoms with Gasteiger partial charge in [0.1, 0.15) is 6.61 Å². The zero-order valence-corrected chi connectivity index (χ0v) is 11.8. The largest absolute Gasteiger partial charge is 0.447 e. The molecule has 112 valence electrons. The van der Waals surface area contributed by atoms with Crippen molar-refractivity contribution in [3.63, 3.8) is 0 Å². The van der Waals surface area contributed by atoms with E-state index in [0.717, 1.165) is 16.0 Å². The van der Waals surface area contributed by atoms with Gasteiger partial charge in [-0.05, 0) is 50.1 Å². The molecule has 1 amide bonds. The number of aromatic amines is 1. The Morgan fingerprint density at radius 2 is 2.48 bits per heavy atom. The van der Waals surface area contributed by atoms with Crippen LogP contribution >= 0.6 is 0 Å². The first-order valence-electron chi connectivity index (χ1n) is 9.31. The molecule has 1 aromatic carbocycles. The lowest BCUT2D eigenvalue weighted by atomic mass is 10.0. The fourth-order valence-corrected chi connectivity index (χ4v) is 2.47. The van der Waals surface area contributed by atoms with Gasteiger partial charge in [-0.2, -0.15) is 0 Å². The summed E-state index contributed by atoms with van der Waals surface area (Å²) in [5.74, 6) is 0. The third-order valence-electron chi connectivity index (χ3n) is 3.47. The first kappa shape index (κ1) is 9.10. The molecule has 21 heavy (non-hydrogen) atoms. The molecule has 0 unspecified atom stereocenters. The predicted octanol–water partition coefficient (Wildman–Crippen LogP) is 1.92. The molecule has 1 aliphatic heterocycles. The molecule has 0 saturated carbocycles. The van der Waals surface area contributed by atoms with Crippen molar-refractivity contribution in [3.05, 3.63) is 35.5 Å². The van der Waals surface area contributed by atoms with Gasteiger partial charge in [0.05, 0.1) is 6.04 Å². The number of alkyl carbamates (subject to hydrolysis) is 1. The molecule has 1 atom stereocenters. The number of ether oxygens (including phenoxy) is 1. The predicted molar refractivity (Wildman–Crippen MR) is 82.5 cm³/mol. The Labute approximate surface area is 131 Å². The standard InChI is InChI=1S/C16H21N3O2/c1-19(2)6-5-12-9-17-15-4-3-11(8-14(12)15)7-13-10-21-16(20)18-13/h3-4,8-9,13,17H,5-7,10H2,1-2H3,(H,18,20)/t13-/m0/s1/i1D3,5D2. The fourth-order valence-electron chi connectivity index (χ4n) is 2.47. The fraction of sp³-hybridized carbons (Fsp3) is 0.438. The maximum absolute atomic E-state index is 11.1. The number of likely N-dealkylation sites (N-methyl/N-ethyl adjacent to an activating group) is 1. The van der Waals surface area contributed by atoms with Gasteiger partial charge in [-0.1, -0.05) is 6.07 Å². The number of fused-ring (bicyclic) bond motifs is 1. The Hall–Kier alpha value is -2.01. The third-order valence-corrected chi connectivity index (χ3v) is 3.47. The average Bonchev–Trinajstić information content (AvgIpc) is 3.12. The van der Waals surface area contributed by atoms with Crippen LogP contribution in [-0.4, -0.2) is 49.2 Å². The van der Waals surface area contributed by atoms with E-state index < -0.39 is 19.4 Å². The summed E-state index contributed by atoms with van der Waals surface area (Å²) in [5.41, 5.74) is 2.13. The van der Waals surface area contributed by atoms with E-state index in [1.165, 1.54) is 7.05 Å². The molecule has 0 aliphatic carbocycles. The summed E-state index contributed by atoms with van der Waals surface area (Å²) in [6.45, 7) is -2.31. The van der Waals surface area contributed by atoms with Crippen molar-refractivity contribution < 1.29 is 16.4 Å². The lowest BCUT2D eigenvalue weighted by Gasteiger charge is -2.09. The molecule has 5 heteroatoms. The smallest absolute Gasteiger partial charge is 0.407 e. The van der Waals surface area contributed by atoms with Crippen LogP contribution in [0.25, 0.3) is 10.9 Å². The van der Waals surface area contributed by atoms with E-state index in [1.54, 1.807) is 6.20 Å². The third kappa shape index (κ3) is 3.19. The average molecular weight is 292 g/mol. The number of benzene rings is 1. The van der Waals surface area contributed by atoms with Crippen LogP contribution in [0, 0.1) is 0 Å². The highest BCUT2D eigenvalue weighted by atomic mass is 16.6. The Balaban J connectivity index is 1.86. The second-order valence-electron chi connectivity index (χ2n) is 5.26. The van der Waals surface area contributed by atoms with Crippen LogP contribution in [0.4, 0.5) is 4.79 Å². The van der Waals surface area contributed by atoms with Gasteiger partial charge in [0.15, 0.2) is 0 Å². The van der Waals surface area contributed by atoms with Crippen LogP contribution in [0.1, 0.15) is 18.0 Å². The number of nitrogens with one attached hydrogen (secondary N) is 2. The van der Waals surface area contributed by atoms with Crippen LogP contribution in [0.5, 0.6) is 0 Å². The van der Waals surface area contributed by atoms with Crippen LogP contribution in [0.15, 0.2) is 24.4 Å². The number of carbonyl (C=O) groups excluding carboxylic acids is 1. The van der Waals surface area contributed by atoms with E-state index in [-0.39, 0.29) is 12.6 Å². The van der Waals surface area contributed by atoms with Gasteiger partial charge in [0, 0.05) is 30.5 Å². The minimum absolute atomic E-state index is 0.110. The normalized spacial score (nSPS) is 23.0. The summed E-state index contributed by atoms with van der Waals surface area (Å²) in [4.78, 5) is 15.2. The van der Waals surface area contributed by atoms with Gasteiger partial charge < -0.3 is 19.9 Å². The zero-order valence-electron chi connectivity index (χ0n) is 16.8. The van der Waals surface area contributed by atoms with E-state index >= 15 is 0 Å². The van der Waals surface area contributed by atoms with Gasteiger partial charge in [-0.3, -0.25) is 0 Å². The summed E-state index contributed by atoms with van der Waals surface area (Å²) < 4.78 is 43.9. The molecule has 2 aromatic rings. The summed E-state index contributed by atoms with van der Waals surface area (Å²) in [6, 6.07) is 5.53. The molecule has 1 fully saturated rings. The molecule has 3 rings (SSSR count). The van der Waals surface area contributed by atoms with Crippen LogP contribution in [-0.2, 0) is 17.5 Å². The number of aromatic nitrogens is 1. The Morgan fingerprint density at radius 3 is 3.24 bits per heavy atom. The Bertz CT molecular complexity index is 818. The van der Waals surface area contributed by atoms with Gasteiger partial charge >= 0.3 is 6.09 Å². The number of rotatable bonds is 5. The minimum atomic E-state index is -2.36. The second kappa shape index (κ2) is 5.77. The maximum atomic E-state index is 11.1. The summed E-state index contributed by atoms with van der Waals surface area (Å²) >= 11 is 0. The molecular weight excluding hydrogens is 266 g/mol. The highest BCUT2D eigenvalue weighted by molar-refractivity contribution is 5.84. The van der Waals surface area contributed by atoms with Crippen LogP contribution in [0.2, 0.25) is 0 Å². The van der Waals surface area contributed by atoms with E-state index in [0.29, 0.717) is 24.0 Å². The number of H-pyrrole nitrogens is 1. The molecule has 0 bridgehead atoms. The number of amides is 1. The summed E-state index contributed by atoms with van der Waals surface area (Å²) in [5, 5.41) is 3.42. The number of cyclic esters (lactones) is 1. The molecule has 0 spiro atoms. The van der Waals surface area contributed by atoms with Crippen LogP contribution in [0.3, 0.4) is 0 Å². The topological polar surface area (TPSA) is 57.4 Å². The summed E-state index contributed by atoms with van der Waals surface area (Å²) in [6.07, 6.45) is -0.111. The van der Waals surface area contributed by atoms with Crippen molar-refractivity contribution in [1.82, 2.24) is 15.2 Å². The highest BCUT2D eigenvalue weighted by Crippen LogP contribution is 2.21. The molecule has 1 aliphatic rings. The van der Waals surface area contributed by atoms with Crippen LogP contribution < -0.4 is 5.32 Å². The first-order valence-corrected chi connectivity index (χ1v) is 6.81. The molecule has 1 aromatic heterocycles. The van der Waals surface area contributed by atoms with Gasteiger partial charge in [-0.25, -0.2) is 4.79 Å². The van der Waals surface area contributed by atoms with Gasteiger partial charge in [-0.15, -0.1) is 0 Å². The molecule has 2 heterocycles. The monoisotopic (exact) mass is 292 g/mol. The lowest BCUT2D eigenvalue weighted by molar-refractivity contribution is 0.177. The zero-order chi connectivity index (χ0) is 19.1. The number of carbonyl (C=O) groups is 1. The van der Waals surface area contributed by atoms with Gasteiger partial charge in [0.25, 0.3) is 0 Å². The second-order valence-corrected chi connectivity index (χ2v) is 5.26. The molecule has 2 N–H and O–H groups in total. The van der Waals surface area contributed by atoms with E-state index in [4.69, 9.17) is 11.6 Å². The van der Waals surface area contributed by atoms with Crippen molar-refractivity contribution in [3.8, 4) is 0 Å². The lowest BCUT2D eigenvalue weighted by Crippen LogP contribution is -2.28. The molecular formula is C16H21N3O2. The van der Waals surface area contributed by atoms with Crippen molar-refractivity contribution in [1.29, 1.82) is 0 Å². The number of nitrogens with zero attached hydrogens (tertiary/aromatic N) is 1. The molecule has 1 saturated heterocycles. The molecule has 5 nitrogen and oxygen atoms in total. The van der Waals surface area contributed by atoms with Crippen molar-refractivity contribution >= 4 is 17.0 Å². The van der Waals surface area contributed by atoms with Crippen molar-refractivity contribution in [2.45, 2.75) is 18.8 Å². The number of hydrogen-bond donors (Lipinski definition) is 2. The van der Waals surface area contributed by atoms with Crippen molar-refractivity contribution in [2.24, 2.45) is 0 Å². The first-order chi connectivity index (χ1) is 12.1. The van der Waals surface area contributed by atoms with Gasteiger partial charge in [0.2, 0.25) is 0 Å². The van der Waals surface area contributed by atoms with E-state index in [1.807, 2.05) is 18.2 Å².